The molecule has 1 aromatic heterocycles. The molecule has 18 heavy (non-hydrogen) atoms. The predicted octanol–water partition coefficient (Wildman–Crippen LogP) is 4.06. The zero-order valence-corrected chi connectivity index (χ0v) is 11.5. The first-order valence-electron chi connectivity index (χ1n) is 6.49. The highest BCUT2D eigenvalue weighted by molar-refractivity contribution is 5.53. The Kier molecular flexibility index (Phi) is 3.80. The normalized spacial score (nSPS) is 11.4. The molecule has 0 aliphatic carbocycles. The van der Waals surface area contributed by atoms with Crippen molar-refractivity contribution in [2.24, 2.45) is 5.92 Å². The highest BCUT2D eigenvalue weighted by Gasteiger charge is 2.11. The summed E-state index contributed by atoms with van der Waals surface area (Å²) in [4.78, 5) is 4.39. The summed E-state index contributed by atoms with van der Waals surface area (Å²) in [5.41, 5.74) is 2.33. The Morgan fingerprint density at radius 3 is 2.22 bits per heavy atom. The van der Waals surface area contributed by atoms with Crippen molar-refractivity contribution < 1.29 is 4.52 Å². The molecule has 3 nitrogen and oxygen atoms in total. The van der Waals surface area contributed by atoms with Gasteiger partial charge in [-0.1, -0.05) is 45.0 Å². The van der Waals surface area contributed by atoms with Crippen molar-refractivity contribution >= 4 is 0 Å². The number of hydrogen-bond donors (Lipinski definition) is 0. The van der Waals surface area contributed by atoms with Crippen LogP contribution in [0.1, 0.15) is 45.0 Å². The van der Waals surface area contributed by atoms with E-state index in [1.54, 1.807) is 0 Å². The third-order valence-electron chi connectivity index (χ3n) is 2.80. The molecule has 0 atom stereocenters. The Morgan fingerprint density at radius 1 is 1.06 bits per heavy atom. The third-order valence-corrected chi connectivity index (χ3v) is 2.80. The van der Waals surface area contributed by atoms with Crippen molar-refractivity contribution in [3.8, 4) is 11.5 Å². The van der Waals surface area contributed by atoms with E-state index < -0.39 is 0 Å². The summed E-state index contributed by atoms with van der Waals surface area (Å²) in [6.45, 7) is 8.56. The van der Waals surface area contributed by atoms with Crippen molar-refractivity contribution in [1.29, 1.82) is 0 Å². The molecule has 0 aliphatic heterocycles. The standard InChI is InChI=1S/C15H20N2O/c1-10(2)9-12-5-7-13(8-6-12)15-16-14(11(3)4)17-18-15/h5-8,10-11H,9H2,1-4H3. The molecule has 0 spiro atoms. The maximum atomic E-state index is 5.27. The minimum Gasteiger partial charge on any atom is -0.334 e. The van der Waals surface area contributed by atoms with E-state index in [1.165, 1.54) is 5.56 Å². The number of rotatable bonds is 4. The molecule has 0 saturated heterocycles. The third kappa shape index (κ3) is 2.97. The van der Waals surface area contributed by atoms with Gasteiger partial charge in [0, 0.05) is 11.5 Å². The van der Waals surface area contributed by atoms with Crippen LogP contribution in [-0.4, -0.2) is 10.1 Å². The maximum Gasteiger partial charge on any atom is 0.257 e. The Labute approximate surface area is 108 Å². The first kappa shape index (κ1) is 12.8. The lowest BCUT2D eigenvalue weighted by atomic mass is 10.0. The van der Waals surface area contributed by atoms with Gasteiger partial charge in [0.2, 0.25) is 0 Å². The van der Waals surface area contributed by atoms with Crippen LogP contribution < -0.4 is 0 Å². The Morgan fingerprint density at radius 2 is 1.72 bits per heavy atom. The first-order chi connectivity index (χ1) is 8.56. The molecule has 3 heteroatoms. The van der Waals surface area contributed by atoms with Crippen molar-refractivity contribution in [2.45, 2.75) is 40.0 Å². The van der Waals surface area contributed by atoms with Crippen LogP contribution in [0.5, 0.6) is 0 Å². The summed E-state index contributed by atoms with van der Waals surface area (Å²) < 4.78 is 5.27. The van der Waals surface area contributed by atoms with Crippen molar-refractivity contribution in [2.75, 3.05) is 0 Å². The molecule has 2 aromatic rings. The van der Waals surface area contributed by atoms with Gasteiger partial charge in [-0.05, 0) is 30.0 Å². The van der Waals surface area contributed by atoms with Crippen LogP contribution in [0.4, 0.5) is 0 Å². The largest absolute Gasteiger partial charge is 0.334 e. The van der Waals surface area contributed by atoms with Gasteiger partial charge in [0.05, 0.1) is 0 Å². The van der Waals surface area contributed by atoms with Crippen LogP contribution in [0.3, 0.4) is 0 Å². The van der Waals surface area contributed by atoms with E-state index in [0.717, 1.165) is 17.8 Å². The van der Waals surface area contributed by atoms with Crippen molar-refractivity contribution in [1.82, 2.24) is 10.1 Å². The van der Waals surface area contributed by atoms with Crippen LogP contribution in [0.15, 0.2) is 28.8 Å². The molecule has 1 aromatic carbocycles. The predicted molar refractivity (Wildman–Crippen MR) is 72.4 cm³/mol. The van der Waals surface area contributed by atoms with Gasteiger partial charge >= 0.3 is 0 Å². The molecule has 0 amide bonds. The molecule has 0 fully saturated rings. The van der Waals surface area contributed by atoms with Gasteiger partial charge < -0.3 is 4.52 Å². The Bertz CT molecular complexity index is 497. The van der Waals surface area contributed by atoms with E-state index in [1.807, 2.05) is 0 Å². The number of hydrogen-bond acceptors (Lipinski definition) is 3. The van der Waals surface area contributed by atoms with Gasteiger partial charge in [0.25, 0.3) is 5.89 Å². The second-order valence-corrected chi connectivity index (χ2v) is 5.41. The van der Waals surface area contributed by atoms with Crippen LogP contribution in [0, 0.1) is 5.92 Å². The highest BCUT2D eigenvalue weighted by atomic mass is 16.5. The maximum absolute atomic E-state index is 5.27. The van der Waals surface area contributed by atoms with Crippen LogP contribution >= 0.6 is 0 Å². The smallest absolute Gasteiger partial charge is 0.257 e. The summed E-state index contributed by atoms with van der Waals surface area (Å²) >= 11 is 0. The van der Waals surface area contributed by atoms with E-state index in [9.17, 15) is 0 Å². The summed E-state index contributed by atoms with van der Waals surface area (Å²) in [7, 11) is 0. The molecule has 0 aliphatic rings. The summed E-state index contributed by atoms with van der Waals surface area (Å²) in [6, 6.07) is 8.37. The fourth-order valence-electron chi connectivity index (χ4n) is 1.84. The van der Waals surface area contributed by atoms with Gasteiger partial charge in [-0.2, -0.15) is 4.98 Å². The molecule has 0 bridgehead atoms. The van der Waals surface area contributed by atoms with E-state index in [-0.39, 0.29) is 0 Å². The quantitative estimate of drug-likeness (QED) is 0.814. The van der Waals surface area contributed by atoms with Crippen LogP contribution in [0.2, 0.25) is 0 Å². The average Bonchev–Trinajstić information content (AvgIpc) is 2.78. The molecule has 96 valence electrons. The zero-order chi connectivity index (χ0) is 13.1. The van der Waals surface area contributed by atoms with Gasteiger partial charge in [-0.15, -0.1) is 0 Å². The molecule has 1 heterocycles. The molecule has 2 rings (SSSR count). The molecular weight excluding hydrogens is 224 g/mol. The molecule has 0 radical (unpaired) electrons. The minimum atomic E-state index is 0.294. The topological polar surface area (TPSA) is 38.9 Å². The SMILES string of the molecule is CC(C)Cc1ccc(-c2nc(C(C)C)no2)cc1. The van der Waals surface area contributed by atoms with Gasteiger partial charge in [-0.3, -0.25) is 0 Å². The monoisotopic (exact) mass is 244 g/mol. The Hall–Kier alpha value is -1.64. The van der Waals surface area contributed by atoms with E-state index in [4.69, 9.17) is 4.52 Å². The Balaban J connectivity index is 2.17. The molecular formula is C15H20N2O. The lowest BCUT2D eigenvalue weighted by Crippen LogP contribution is -1.93. The number of nitrogens with zero attached hydrogens (tertiary/aromatic N) is 2. The second kappa shape index (κ2) is 5.34. The number of benzene rings is 1. The summed E-state index contributed by atoms with van der Waals surface area (Å²) in [6.07, 6.45) is 1.10. The summed E-state index contributed by atoms with van der Waals surface area (Å²) in [5, 5.41) is 3.98. The van der Waals surface area contributed by atoms with Gasteiger partial charge in [-0.25, -0.2) is 0 Å². The lowest BCUT2D eigenvalue weighted by molar-refractivity contribution is 0.419. The van der Waals surface area contributed by atoms with Crippen LogP contribution in [-0.2, 0) is 6.42 Å². The molecule has 0 unspecified atom stereocenters. The van der Waals surface area contributed by atoms with Gasteiger partial charge in [0.1, 0.15) is 0 Å². The van der Waals surface area contributed by atoms with Crippen molar-refractivity contribution in [3.63, 3.8) is 0 Å². The van der Waals surface area contributed by atoms with E-state index >= 15 is 0 Å². The fourth-order valence-corrected chi connectivity index (χ4v) is 1.84. The lowest BCUT2D eigenvalue weighted by Gasteiger charge is -2.04. The minimum absolute atomic E-state index is 0.294. The van der Waals surface area contributed by atoms with Crippen LogP contribution in [0.25, 0.3) is 11.5 Å². The second-order valence-electron chi connectivity index (χ2n) is 5.41. The highest BCUT2D eigenvalue weighted by Crippen LogP contribution is 2.21. The van der Waals surface area contributed by atoms with E-state index in [0.29, 0.717) is 17.7 Å². The molecule has 0 saturated carbocycles. The van der Waals surface area contributed by atoms with E-state index in [2.05, 4.69) is 62.1 Å². The van der Waals surface area contributed by atoms with Crippen molar-refractivity contribution in [3.05, 3.63) is 35.7 Å². The first-order valence-corrected chi connectivity index (χ1v) is 6.49. The zero-order valence-electron chi connectivity index (χ0n) is 11.5. The van der Waals surface area contributed by atoms with Gasteiger partial charge in [0.15, 0.2) is 5.82 Å². The number of aromatic nitrogens is 2. The fraction of sp³-hybridized carbons (Fsp3) is 0.467. The summed E-state index contributed by atoms with van der Waals surface area (Å²) in [5.74, 6) is 2.33. The average molecular weight is 244 g/mol. The molecule has 0 N–H and O–H groups in total.